The molecule has 0 aliphatic rings. The first-order valence-electron chi connectivity index (χ1n) is 10.8. The van der Waals surface area contributed by atoms with Crippen molar-refractivity contribution in [2.75, 3.05) is 0 Å². The molecule has 0 radical (unpaired) electrons. The van der Waals surface area contributed by atoms with Gasteiger partial charge in [0.25, 0.3) is 11.4 Å². The summed E-state index contributed by atoms with van der Waals surface area (Å²) >= 11 is 0. The zero-order valence-electron chi connectivity index (χ0n) is 19.1. The number of non-ortho nitro benzene ring substituents is 2. The Morgan fingerprint density at radius 1 is 0.600 bits per heavy atom. The van der Waals surface area contributed by atoms with Crippen molar-refractivity contribution in [2.45, 2.75) is 19.3 Å². The summed E-state index contributed by atoms with van der Waals surface area (Å²) in [6, 6.07) is 26.8. The molecule has 0 bridgehead atoms. The molecule has 0 fully saturated rings. The number of nitro groups is 2. The highest BCUT2D eigenvalue weighted by Crippen LogP contribution is 2.45. The molecule has 4 rings (SSSR count). The van der Waals surface area contributed by atoms with Gasteiger partial charge in [0, 0.05) is 28.7 Å². The summed E-state index contributed by atoms with van der Waals surface area (Å²) in [7, 11) is 0. The summed E-state index contributed by atoms with van der Waals surface area (Å²) in [6.07, 6.45) is 0. The van der Waals surface area contributed by atoms with Crippen LogP contribution in [0.3, 0.4) is 0 Å². The molecule has 8 heteroatoms. The second-order valence-electron chi connectivity index (χ2n) is 8.33. The lowest BCUT2D eigenvalue weighted by molar-refractivity contribution is -0.385. The van der Waals surface area contributed by atoms with E-state index in [9.17, 15) is 20.2 Å². The maximum absolute atomic E-state index is 11.5. The minimum absolute atomic E-state index is 0.111. The Morgan fingerprint density at radius 2 is 0.971 bits per heavy atom. The van der Waals surface area contributed by atoms with Gasteiger partial charge < -0.3 is 9.47 Å². The number of hydrogen-bond acceptors (Lipinski definition) is 6. The van der Waals surface area contributed by atoms with E-state index < -0.39 is 15.3 Å². The van der Waals surface area contributed by atoms with Crippen LogP contribution >= 0.6 is 0 Å². The Labute approximate surface area is 201 Å². The van der Waals surface area contributed by atoms with Gasteiger partial charge in [0.15, 0.2) is 0 Å². The fourth-order valence-electron chi connectivity index (χ4n) is 3.83. The minimum atomic E-state index is -0.807. The van der Waals surface area contributed by atoms with Gasteiger partial charge in [-0.05, 0) is 36.4 Å². The molecule has 0 heterocycles. The van der Waals surface area contributed by atoms with E-state index in [2.05, 4.69) is 0 Å². The lowest BCUT2D eigenvalue weighted by Crippen LogP contribution is -2.21. The van der Waals surface area contributed by atoms with Crippen molar-refractivity contribution in [3.8, 4) is 23.0 Å². The topological polar surface area (TPSA) is 105 Å². The number of benzene rings is 4. The zero-order valence-corrected chi connectivity index (χ0v) is 19.1. The Kier molecular flexibility index (Phi) is 6.46. The lowest BCUT2D eigenvalue weighted by atomic mass is 9.77. The smallest absolute Gasteiger partial charge is 0.273 e. The van der Waals surface area contributed by atoms with E-state index in [0.717, 1.165) is 0 Å². The Hall–Kier alpha value is -4.72. The maximum Gasteiger partial charge on any atom is 0.273 e. The van der Waals surface area contributed by atoms with Crippen LogP contribution in [0.25, 0.3) is 0 Å². The van der Waals surface area contributed by atoms with Crippen LogP contribution in [-0.2, 0) is 5.41 Å². The SMILES string of the molecule is CC(C)(c1ccc([N+](=O)[O-])cc1Oc1ccccc1)c1ccc([N+](=O)[O-])cc1Oc1ccccc1. The molecule has 0 aromatic heterocycles. The summed E-state index contributed by atoms with van der Waals surface area (Å²) in [5.41, 5.74) is 0.274. The number of rotatable bonds is 8. The van der Waals surface area contributed by atoms with Crippen LogP contribution in [0.15, 0.2) is 97.1 Å². The van der Waals surface area contributed by atoms with Crippen molar-refractivity contribution in [1.82, 2.24) is 0 Å². The van der Waals surface area contributed by atoms with Crippen molar-refractivity contribution in [2.24, 2.45) is 0 Å². The summed E-state index contributed by atoms with van der Waals surface area (Å²) < 4.78 is 12.1. The normalized spacial score (nSPS) is 11.0. The van der Waals surface area contributed by atoms with E-state index in [-0.39, 0.29) is 11.4 Å². The van der Waals surface area contributed by atoms with Crippen LogP contribution in [0.2, 0.25) is 0 Å². The third kappa shape index (κ3) is 5.11. The van der Waals surface area contributed by atoms with Crippen molar-refractivity contribution in [1.29, 1.82) is 0 Å². The van der Waals surface area contributed by atoms with Crippen molar-refractivity contribution in [3.63, 3.8) is 0 Å². The van der Waals surface area contributed by atoms with Gasteiger partial charge in [-0.25, -0.2) is 0 Å². The molecule has 176 valence electrons. The van der Waals surface area contributed by atoms with Crippen LogP contribution < -0.4 is 9.47 Å². The van der Waals surface area contributed by atoms with E-state index in [0.29, 0.717) is 34.1 Å². The van der Waals surface area contributed by atoms with Gasteiger partial charge in [0.2, 0.25) is 0 Å². The second kappa shape index (κ2) is 9.64. The summed E-state index contributed by atoms with van der Waals surface area (Å²) in [5.74, 6) is 1.66. The highest BCUT2D eigenvalue weighted by molar-refractivity contribution is 5.57. The van der Waals surface area contributed by atoms with E-state index in [1.54, 1.807) is 60.7 Å². The monoisotopic (exact) mass is 470 g/mol. The van der Waals surface area contributed by atoms with Gasteiger partial charge in [0.1, 0.15) is 23.0 Å². The average molecular weight is 470 g/mol. The number of para-hydroxylation sites is 2. The first-order chi connectivity index (χ1) is 16.8. The van der Waals surface area contributed by atoms with Gasteiger partial charge in [-0.15, -0.1) is 0 Å². The molecule has 0 aliphatic heterocycles. The van der Waals surface area contributed by atoms with E-state index in [1.165, 1.54) is 24.3 Å². The minimum Gasteiger partial charge on any atom is -0.457 e. The number of ether oxygens (including phenoxy) is 2. The van der Waals surface area contributed by atoms with Crippen LogP contribution in [0.5, 0.6) is 23.0 Å². The van der Waals surface area contributed by atoms with Crippen LogP contribution in [0, 0.1) is 20.2 Å². The number of nitro benzene ring substituents is 2. The predicted molar refractivity (Wildman–Crippen MR) is 131 cm³/mol. The molecular weight excluding hydrogens is 448 g/mol. The van der Waals surface area contributed by atoms with Crippen LogP contribution in [0.1, 0.15) is 25.0 Å². The van der Waals surface area contributed by atoms with Crippen LogP contribution in [-0.4, -0.2) is 9.85 Å². The summed E-state index contributed by atoms with van der Waals surface area (Å²) in [5, 5.41) is 22.9. The van der Waals surface area contributed by atoms with Crippen molar-refractivity contribution >= 4 is 11.4 Å². The largest absolute Gasteiger partial charge is 0.457 e. The molecule has 4 aromatic rings. The molecular formula is C27H22N2O6. The molecule has 4 aromatic carbocycles. The number of nitrogens with zero attached hydrogens (tertiary/aromatic N) is 2. The summed E-state index contributed by atoms with van der Waals surface area (Å²) in [6.45, 7) is 3.82. The summed E-state index contributed by atoms with van der Waals surface area (Å²) in [4.78, 5) is 22.0. The quantitative estimate of drug-likeness (QED) is 0.196. The molecule has 0 spiro atoms. The van der Waals surface area contributed by atoms with E-state index in [4.69, 9.17) is 9.47 Å². The van der Waals surface area contributed by atoms with Gasteiger partial charge in [-0.2, -0.15) is 0 Å². The molecule has 0 unspecified atom stereocenters. The Bertz CT molecular complexity index is 1270. The predicted octanol–water partition coefficient (Wildman–Crippen LogP) is 7.41. The molecule has 0 N–H and O–H groups in total. The van der Waals surface area contributed by atoms with Crippen LogP contribution in [0.4, 0.5) is 11.4 Å². The molecule has 0 saturated heterocycles. The standard InChI is InChI=1S/C27H22N2O6/c1-27(2,23-15-13-19(28(30)31)17-25(23)34-21-9-5-3-6-10-21)24-16-14-20(29(32)33)18-26(24)35-22-11-7-4-8-12-22/h3-18H,1-2H3. The second-order valence-corrected chi connectivity index (χ2v) is 8.33. The maximum atomic E-state index is 11.5. The highest BCUT2D eigenvalue weighted by Gasteiger charge is 2.32. The molecule has 0 atom stereocenters. The molecule has 8 nitrogen and oxygen atoms in total. The Morgan fingerprint density at radius 3 is 1.31 bits per heavy atom. The number of hydrogen-bond donors (Lipinski definition) is 0. The van der Waals surface area contributed by atoms with Gasteiger partial charge in [-0.3, -0.25) is 20.2 Å². The average Bonchev–Trinajstić information content (AvgIpc) is 2.85. The van der Waals surface area contributed by atoms with Gasteiger partial charge >= 0.3 is 0 Å². The third-order valence-corrected chi connectivity index (χ3v) is 5.64. The first-order valence-corrected chi connectivity index (χ1v) is 10.8. The molecule has 35 heavy (non-hydrogen) atoms. The molecule has 0 saturated carbocycles. The Balaban J connectivity index is 1.85. The molecule has 0 amide bonds. The van der Waals surface area contributed by atoms with E-state index >= 15 is 0 Å². The van der Waals surface area contributed by atoms with Gasteiger partial charge in [-0.1, -0.05) is 50.2 Å². The van der Waals surface area contributed by atoms with Gasteiger partial charge in [0.05, 0.1) is 22.0 Å². The fraction of sp³-hybridized carbons (Fsp3) is 0.111. The zero-order chi connectivity index (χ0) is 25.0. The van der Waals surface area contributed by atoms with Crippen molar-refractivity contribution < 1.29 is 19.3 Å². The highest BCUT2D eigenvalue weighted by atomic mass is 16.6. The first kappa shape index (κ1) is 23.4. The van der Waals surface area contributed by atoms with Crippen molar-refractivity contribution in [3.05, 3.63) is 128 Å². The van der Waals surface area contributed by atoms with E-state index in [1.807, 2.05) is 26.0 Å². The fourth-order valence-corrected chi connectivity index (χ4v) is 3.83. The molecule has 0 aliphatic carbocycles. The lowest BCUT2D eigenvalue weighted by Gasteiger charge is -2.29. The third-order valence-electron chi connectivity index (χ3n) is 5.64.